The number of piperidine rings is 1. The van der Waals surface area contributed by atoms with Crippen molar-refractivity contribution in [2.24, 2.45) is 5.92 Å². The maximum Gasteiger partial charge on any atom is 0.0342 e. The second kappa shape index (κ2) is 4.15. The molecule has 1 aromatic rings. The van der Waals surface area contributed by atoms with E-state index in [0.29, 0.717) is 6.04 Å². The average molecular weight is 280 g/mol. The topological polar surface area (TPSA) is 3.24 Å². The molecule has 86 valence electrons. The Morgan fingerprint density at radius 3 is 2.56 bits per heavy atom. The first-order valence-corrected chi connectivity index (χ1v) is 7.13. The van der Waals surface area contributed by atoms with Crippen LogP contribution in [0, 0.1) is 5.92 Å². The third-order valence-corrected chi connectivity index (χ3v) is 5.66. The predicted octanol–water partition coefficient (Wildman–Crippen LogP) is 3.61. The van der Waals surface area contributed by atoms with E-state index in [4.69, 9.17) is 0 Å². The standard InChI is InChI=1S/C14H18BrN/c1-10(11-5-3-2-4-6-11)16-9-12-7-8-13(16)14(12)15/h2-6,10,12-14H,7-9H2,1H3/t10-,12-,13+,14+/m0/s1. The lowest BCUT2D eigenvalue weighted by Gasteiger charge is -2.33. The van der Waals surface area contributed by atoms with Crippen molar-refractivity contribution in [2.75, 3.05) is 6.54 Å². The molecule has 0 aromatic heterocycles. The van der Waals surface area contributed by atoms with Crippen LogP contribution in [0.5, 0.6) is 0 Å². The maximum absolute atomic E-state index is 3.87. The van der Waals surface area contributed by atoms with Crippen molar-refractivity contribution in [3.05, 3.63) is 35.9 Å². The Hall–Kier alpha value is -0.340. The van der Waals surface area contributed by atoms with Crippen molar-refractivity contribution >= 4 is 15.9 Å². The van der Waals surface area contributed by atoms with Crippen LogP contribution in [-0.4, -0.2) is 22.3 Å². The zero-order valence-electron chi connectivity index (χ0n) is 9.64. The van der Waals surface area contributed by atoms with E-state index in [1.807, 2.05) is 0 Å². The van der Waals surface area contributed by atoms with Gasteiger partial charge in [0.05, 0.1) is 0 Å². The van der Waals surface area contributed by atoms with Crippen LogP contribution in [-0.2, 0) is 0 Å². The van der Waals surface area contributed by atoms with Gasteiger partial charge in [-0.1, -0.05) is 46.3 Å². The molecule has 0 spiro atoms. The Morgan fingerprint density at radius 1 is 1.25 bits per heavy atom. The summed E-state index contributed by atoms with van der Waals surface area (Å²) in [6.45, 7) is 3.62. The predicted molar refractivity (Wildman–Crippen MR) is 70.8 cm³/mol. The van der Waals surface area contributed by atoms with Gasteiger partial charge in [0.15, 0.2) is 0 Å². The molecule has 2 bridgehead atoms. The molecular formula is C14H18BrN. The van der Waals surface area contributed by atoms with Gasteiger partial charge in [0.25, 0.3) is 0 Å². The molecular weight excluding hydrogens is 262 g/mol. The van der Waals surface area contributed by atoms with E-state index in [1.54, 1.807) is 0 Å². The molecule has 16 heavy (non-hydrogen) atoms. The van der Waals surface area contributed by atoms with Crippen LogP contribution in [0.2, 0.25) is 0 Å². The summed E-state index contributed by atoms with van der Waals surface area (Å²) in [6, 6.07) is 12.2. The van der Waals surface area contributed by atoms with Crippen molar-refractivity contribution in [3.8, 4) is 0 Å². The second-order valence-electron chi connectivity index (χ2n) is 5.13. The molecule has 0 N–H and O–H groups in total. The molecule has 1 aliphatic heterocycles. The van der Waals surface area contributed by atoms with Crippen LogP contribution in [0.15, 0.2) is 30.3 Å². The van der Waals surface area contributed by atoms with Gasteiger partial charge in [-0.2, -0.15) is 0 Å². The zero-order valence-corrected chi connectivity index (χ0v) is 11.2. The fourth-order valence-electron chi connectivity index (χ4n) is 3.33. The van der Waals surface area contributed by atoms with Gasteiger partial charge >= 0.3 is 0 Å². The summed E-state index contributed by atoms with van der Waals surface area (Å²) in [7, 11) is 0. The highest BCUT2D eigenvalue weighted by Gasteiger charge is 2.46. The third kappa shape index (κ3) is 1.63. The Kier molecular flexibility index (Phi) is 2.80. The first-order chi connectivity index (χ1) is 7.77. The number of rotatable bonds is 2. The summed E-state index contributed by atoms with van der Waals surface area (Å²) < 4.78 is 0. The van der Waals surface area contributed by atoms with Crippen LogP contribution >= 0.6 is 15.9 Å². The number of halogens is 1. The first-order valence-electron chi connectivity index (χ1n) is 6.22. The SMILES string of the molecule is C[C@@H](c1ccccc1)N1C[C@@H]2CC[C@@H]1[C@@H]2Br. The fraction of sp³-hybridized carbons (Fsp3) is 0.571. The molecule has 1 aromatic carbocycles. The summed E-state index contributed by atoms with van der Waals surface area (Å²) >= 11 is 3.87. The summed E-state index contributed by atoms with van der Waals surface area (Å²) in [5.41, 5.74) is 1.45. The summed E-state index contributed by atoms with van der Waals surface area (Å²) in [5.74, 6) is 0.885. The second-order valence-corrected chi connectivity index (χ2v) is 6.19. The number of likely N-dealkylation sites (tertiary alicyclic amines) is 1. The first kappa shape index (κ1) is 10.8. The van der Waals surface area contributed by atoms with E-state index in [9.17, 15) is 0 Å². The van der Waals surface area contributed by atoms with Gasteiger partial charge in [0.2, 0.25) is 0 Å². The quantitative estimate of drug-likeness (QED) is 0.748. The normalized spacial score (nSPS) is 35.5. The van der Waals surface area contributed by atoms with Gasteiger partial charge in [-0.15, -0.1) is 0 Å². The van der Waals surface area contributed by atoms with E-state index < -0.39 is 0 Å². The van der Waals surface area contributed by atoms with Gasteiger partial charge < -0.3 is 0 Å². The molecule has 2 aliphatic rings. The molecule has 2 heteroatoms. The molecule has 1 aliphatic carbocycles. The van der Waals surface area contributed by atoms with Crippen molar-refractivity contribution in [1.82, 2.24) is 4.90 Å². The molecule has 1 nitrogen and oxygen atoms in total. The number of nitrogens with zero attached hydrogens (tertiary/aromatic N) is 1. The molecule has 1 heterocycles. The van der Waals surface area contributed by atoms with Crippen molar-refractivity contribution in [2.45, 2.75) is 36.7 Å². The molecule has 3 rings (SSSR count). The van der Waals surface area contributed by atoms with Gasteiger partial charge in [-0.05, 0) is 31.2 Å². The van der Waals surface area contributed by atoms with E-state index in [0.717, 1.165) is 16.8 Å². The Bertz CT molecular complexity index is 364. The highest BCUT2D eigenvalue weighted by molar-refractivity contribution is 9.09. The highest BCUT2D eigenvalue weighted by atomic mass is 79.9. The van der Waals surface area contributed by atoms with Crippen LogP contribution < -0.4 is 0 Å². The largest absolute Gasteiger partial charge is 0.292 e. The molecule has 0 unspecified atom stereocenters. The minimum atomic E-state index is 0.566. The lowest BCUT2D eigenvalue weighted by atomic mass is 10.0. The fourth-order valence-corrected chi connectivity index (χ4v) is 4.33. The number of fused-ring (bicyclic) bond motifs is 2. The molecule has 4 atom stereocenters. The van der Waals surface area contributed by atoms with E-state index in [-0.39, 0.29) is 0 Å². The minimum absolute atomic E-state index is 0.566. The Morgan fingerprint density at radius 2 is 2.00 bits per heavy atom. The van der Waals surface area contributed by atoms with Gasteiger partial charge in [0.1, 0.15) is 0 Å². The number of hydrogen-bond acceptors (Lipinski definition) is 1. The Labute approximate surface area is 106 Å². The number of alkyl halides is 1. The minimum Gasteiger partial charge on any atom is -0.292 e. The summed E-state index contributed by atoms with van der Waals surface area (Å²) in [4.78, 5) is 3.42. The number of hydrogen-bond donors (Lipinski definition) is 0. The van der Waals surface area contributed by atoms with Gasteiger partial charge in [-0.3, -0.25) is 4.90 Å². The number of benzene rings is 1. The third-order valence-electron chi connectivity index (χ3n) is 4.30. The van der Waals surface area contributed by atoms with Crippen LogP contribution in [0.25, 0.3) is 0 Å². The van der Waals surface area contributed by atoms with Gasteiger partial charge in [-0.25, -0.2) is 0 Å². The van der Waals surface area contributed by atoms with Gasteiger partial charge in [0, 0.05) is 23.5 Å². The molecule has 1 saturated carbocycles. The maximum atomic E-state index is 3.87. The smallest absolute Gasteiger partial charge is 0.0342 e. The lowest BCUT2D eigenvalue weighted by Crippen LogP contribution is -2.35. The van der Waals surface area contributed by atoms with Crippen LogP contribution in [0.4, 0.5) is 0 Å². The van der Waals surface area contributed by atoms with Crippen molar-refractivity contribution in [3.63, 3.8) is 0 Å². The van der Waals surface area contributed by atoms with Crippen molar-refractivity contribution < 1.29 is 0 Å². The van der Waals surface area contributed by atoms with Crippen LogP contribution in [0.1, 0.15) is 31.4 Å². The Balaban J connectivity index is 1.80. The lowest BCUT2D eigenvalue weighted by molar-refractivity contribution is 0.161. The molecule has 0 amide bonds. The molecule has 0 radical (unpaired) electrons. The highest BCUT2D eigenvalue weighted by Crippen LogP contribution is 2.45. The average Bonchev–Trinajstić information content (AvgIpc) is 2.85. The monoisotopic (exact) mass is 279 g/mol. The molecule has 2 fully saturated rings. The van der Waals surface area contributed by atoms with Crippen LogP contribution in [0.3, 0.4) is 0 Å². The van der Waals surface area contributed by atoms with Crippen molar-refractivity contribution in [1.29, 1.82) is 0 Å². The molecule has 1 saturated heterocycles. The summed E-state index contributed by atoms with van der Waals surface area (Å²) in [6.07, 6.45) is 2.79. The van der Waals surface area contributed by atoms with E-state index in [1.165, 1.54) is 24.9 Å². The summed E-state index contributed by atoms with van der Waals surface area (Å²) in [5, 5.41) is 0. The van der Waals surface area contributed by atoms with E-state index >= 15 is 0 Å². The zero-order chi connectivity index (χ0) is 11.1. The van der Waals surface area contributed by atoms with E-state index in [2.05, 4.69) is 58.1 Å².